The molecule has 0 unspecified atom stereocenters. The van der Waals surface area contributed by atoms with Gasteiger partial charge in [0, 0.05) is 23.5 Å². The zero-order valence-corrected chi connectivity index (χ0v) is 19.7. The predicted octanol–water partition coefficient (Wildman–Crippen LogP) is 6.64. The Balaban J connectivity index is 2.17. The van der Waals surface area contributed by atoms with Gasteiger partial charge in [-0.25, -0.2) is 0 Å². The van der Waals surface area contributed by atoms with E-state index < -0.39 is 0 Å². The van der Waals surface area contributed by atoms with Gasteiger partial charge in [-0.05, 0) is 41.9 Å². The minimum Gasteiger partial charge on any atom is -0.366 e. The lowest BCUT2D eigenvalue weighted by Gasteiger charge is -2.19. The van der Waals surface area contributed by atoms with Gasteiger partial charge in [-0.1, -0.05) is 95.1 Å². The Morgan fingerprint density at radius 2 is 1.61 bits per heavy atom. The Bertz CT molecular complexity index is 1020. The maximum atomic E-state index is 12.6. The second-order valence-corrected chi connectivity index (χ2v) is 9.50. The lowest BCUT2D eigenvalue weighted by molar-refractivity contribution is 0.1000. The van der Waals surface area contributed by atoms with Gasteiger partial charge in [0.25, 0.3) is 5.91 Å². The van der Waals surface area contributed by atoms with E-state index in [0.29, 0.717) is 5.56 Å². The molecule has 3 aromatic rings. The molecule has 0 aliphatic carbocycles. The van der Waals surface area contributed by atoms with Crippen molar-refractivity contribution in [3.8, 4) is 11.1 Å². The molecule has 1 heterocycles. The number of hydrogen-bond donors (Lipinski definition) is 1. The van der Waals surface area contributed by atoms with E-state index in [2.05, 4.69) is 80.8 Å². The molecule has 3 heteroatoms. The minimum absolute atomic E-state index is 0.0875. The van der Waals surface area contributed by atoms with Gasteiger partial charge >= 0.3 is 0 Å². The van der Waals surface area contributed by atoms with E-state index in [1.165, 1.54) is 23.2 Å². The number of rotatable bonds is 8. The molecular formula is C28H36N2O. The molecule has 0 fully saturated rings. The third-order valence-electron chi connectivity index (χ3n) is 6.12. The molecule has 1 aromatic heterocycles. The van der Waals surface area contributed by atoms with Gasteiger partial charge in [-0.3, -0.25) is 4.79 Å². The highest BCUT2D eigenvalue weighted by Gasteiger charge is 2.25. The Labute approximate surface area is 187 Å². The first kappa shape index (κ1) is 22.9. The first-order valence-corrected chi connectivity index (χ1v) is 11.4. The Morgan fingerprint density at radius 1 is 0.968 bits per heavy atom. The fourth-order valence-electron chi connectivity index (χ4n) is 4.33. The molecule has 31 heavy (non-hydrogen) atoms. The van der Waals surface area contributed by atoms with Crippen molar-refractivity contribution in [2.24, 2.45) is 5.73 Å². The summed E-state index contributed by atoms with van der Waals surface area (Å²) in [5, 5.41) is 0. The molecule has 164 valence electrons. The number of amides is 1. The summed E-state index contributed by atoms with van der Waals surface area (Å²) >= 11 is 0. The van der Waals surface area contributed by atoms with Gasteiger partial charge in [-0.2, -0.15) is 0 Å². The standard InChI is InChI=1S/C28H36N2O/c1-6-7-9-14-24-26(22-15-17-23(18-16-22)28(3,4)5)25(27(29)31)20(2)30(24)19-21-12-10-8-11-13-21/h8,10-13,15-18H,6-7,9,14,19H2,1-5H3,(H2,29,31). The molecule has 3 nitrogen and oxygen atoms in total. The molecule has 0 saturated heterocycles. The first-order valence-electron chi connectivity index (χ1n) is 11.4. The van der Waals surface area contributed by atoms with Crippen molar-refractivity contribution in [1.82, 2.24) is 4.57 Å². The highest BCUT2D eigenvalue weighted by Crippen LogP contribution is 2.35. The van der Waals surface area contributed by atoms with E-state index in [0.717, 1.165) is 42.6 Å². The number of nitrogens with zero attached hydrogens (tertiary/aromatic N) is 1. The first-order chi connectivity index (χ1) is 14.7. The summed E-state index contributed by atoms with van der Waals surface area (Å²) in [7, 11) is 0. The fraction of sp³-hybridized carbons (Fsp3) is 0.393. The van der Waals surface area contributed by atoms with Crippen LogP contribution in [-0.4, -0.2) is 10.5 Å². The molecule has 0 aliphatic heterocycles. The van der Waals surface area contributed by atoms with Gasteiger partial charge in [0.15, 0.2) is 0 Å². The smallest absolute Gasteiger partial charge is 0.251 e. The van der Waals surface area contributed by atoms with Crippen LogP contribution in [0.5, 0.6) is 0 Å². The van der Waals surface area contributed by atoms with Crippen LogP contribution in [0.2, 0.25) is 0 Å². The van der Waals surface area contributed by atoms with Crippen LogP contribution in [0, 0.1) is 6.92 Å². The SMILES string of the molecule is CCCCCc1c(-c2ccc(C(C)(C)C)cc2)c(C(N)=O)c(C)n1Cc1ccccc1. The number of carbonyl (C=O) groups excluding carboxylic acids is 1. The summed E-state index contributed by atoms with van der Waals surface area (Å²) in [5.41, 5.74) is 13.4. The molecule has 2 aromatic carbocycles. The van der Waals surface area contributed by atoms with Gasteiger partial charge < -0.3 is 10.3 Å². The predicted molar refractivity (Wildman–Crippen MR) is 131 cm³/mol. The van der Waals surface area contributed by atoms with Gasteiger partial charge in [-0.15, -0.1) is 0 Å². The summed E-state index contributed by atoms with van der Waals surface area (Å²) in [6, 6.07) is 19.1. The van der Waals surface area contributed by atoms with Crippen molar-refractivity contribution in [3.05, 3.63) is 82.7 Å². The topological polar surface area (TPSA) is 48.0 Å². The summed E-state index contributed by atoms with van der Waals surface area (Å²) in [6.07, 6.45) is 4.37. The van der Waals surface area contributed by atoms with Crippen LogP contribution in [0.1, 0.15) is 79.8 Å². The number of carbonyl (C=O) groups is 1. The zero-order chi connectivity index (χ0) is 22.6. The van der Waals surface area contributed by atoms with Crippen LogP contribution in [0.15, 0.2) is 54.6 Å². The molecule has 2 N–H and O–H groups in total. The van der Waals surface area contributed by atoms with Crippen molar-refractivity contribution in [2.75, 3.05) is 0 Å². The van der Waals surface area contributed by atoms with Crippen molar-refractivity contribution < 1.29 is 4.79 Å². The molecule has 1 amide bonds. The second kappa shape index (κ2) is 9.55. The third-order valence-corrected chi connectivity index (χ3v) is 6.12. The highest BCUT2D eigenvalue weighted by molar-refractivity contribution is 6.02. The average Bonchev–Trinajstić information content (AvgIpc) is 3.00. The molecule has 0 atom stereocenters. The summed E-state index contributed by atoms with van der Waals surface area (Å²) in [5.74, 6) is -0.351. The number of aromatic nitrogens is 1. The van der Waals surface area contributed by atoms with E-state index >= 15 is 0 Å². The van der Waals surface area contributed by atoms with E-state index in [1.807, 2.05) is 13.0 Å². The Hall–Kier alpha value is -2.81. The molecule has 3 rings (SSSR count). The molecule has 0 saturated carbocycles. The van der Waals surface area contributed by atoms with Gasteiger partial charge in [0.1, 0.15) is 0 Å². The summed E-state index contributed by atoms with van der Waals surface area (Å²) < 4.78 is 2.30. The summed E-state index contributed by atoms with van der Waals surface area (Å²) in [4.78, 5) is 12.6. The van der Waals surface area contributed by atoms with Gasteiger partial charge in [0.05, 0.1) is 5.56 Å². The molecule has 0 spiro atoms. The number of benzene rings is 2. The largest absolute Gasteiger partial charge is 0.366 e. The second-order valence-electron chi connectivity index (χ2n) is 9.50. The molecule has 0 bridgehead atoms. The Kier molecular flexibility index (Phi) is 7.04. The number of unbranched alkanes of at least 4 members (excludes halogenated alkanes) is 2. The van der Waals surface area contributed by atoms with Crippen LogP contribution in [0.3, 0.4) is 0 Å². The van der Waals surface area contributed by atoms with Crippen molar-refractivity contribution in [3.63, 3.8) is 0 Å². The average molecular weight is 417 g/mol. The van der Waals surface area contributed by atoms with Crippen LogP contribution in [-0.2, 0) is 18.4 Å². The molecule has 0 aliphatic rings. The molecular weight excluding hydrogens is 380 g/mol. The fourth-order valence-corrected chi connectivity index (χ4v) is 4.33. The number of primary amides is 1. The van der Waals surface area contributed by atoms with Crippen molar-refractivity contribution in [1.29, 1.82) is 0 Å². The summed E-state index contributed by atoms with van der Waals surface area (Å²) in [6.45, 7) is 11.6. The third kappa shape index (κ3) is 5.10. The van der Waals surface area contributed by atoms with E-state index in [9.17, 15) is 4.79 Å². The number of nitrogens with two attached hydrogens (primary N) is 1. The van der Waals surface area contributed by atoms with E-state index in [-0.39, 0.29) is 11.3 Å². The lowest BCUT2D eigenvalue weighted by Crippen LogP contribution is -2.14. The lowest BCUT2D eigenvalue weighted by atomic mass is 9.86. The maximum Gasteiger partial charge on any atom is 0.251 e. The Morgan fingerprint density at radius 3 is 2.16 bits per heavy atom. The quantitative estimate of drug-likeness (QED) is 0.411. The van der Waals surface area contributed by atoms with Crippen molar-refractivity contribution >= 4 is 5.91 Å². The maximum absolute atomic E-state index is 12.6. The molecule has 0 radical (unpaired) electrons. The van der Waals surface area contributed by atoms with E-state index in [1.54, 1.807) is 0 Å². The minimum atomic E-state index is -0.351. The van der Waals surface area contributed by atoms with Crippen molar-refractivity contribution in [2.45, 2.75) is 72.3 Å². The van der Waals surface area contributed by atoms with E-state index in [4.69, 9.17) is 5.73 Å². The zero-order valence-electron chi connectivity index (χ0n) is 19.7. The van der Waals surface area contributed by atoms with Crippen LogP contribution in [0.4, 0.5) is 0 Å². The number of hydrogen-bond acceptors (Lipinski definition) is 1. The van der Waals surface area contributed by atoms with Crippen LogP contribution < -0.4 is 5.73 Å². The van der Waals surface area contributed by atoms with Crippen LogP contribution >= 0.6 is 0 Å². The normalized spacial score (nSPS) is 11.6. The van der Waals surface area contributed by atoms with Gasteiger partial charge in [0.2, 0.25) is 0 Å². The van der Waals surface area contributed by atoms with Crippen LogP contribution in [0.25, 0.3) is 11.1 Å². The monoisotopic (exact) mass is 416 g/mol. The highest BCUT2D eigenvalue weighted by atomic mass is 16.1.